The molecule has 1 aromatic carbocycles. The fourth-order valence-electron chi connectivity index (χ4n) is 1.83. The number of aliphatic hydroxyl groups is 1. The second-order valence-corrected chi connectivity index (χ2v) is 4.29. The summed E-state index contributed by atoms with van der Waals surface area (Å²) in [6.45, 7) is 1.76. The van der Waals surface area contributed by atoms with E-state index >= 15 is 0 Å². The largest absolute Gasteiger partial charge is 0.504 e. The maximum atomic E-state index is 11.8. The summed E-state index contributed by atoms with van der Waals surface area (Å²) in [5, 5.41) is 9.93. The standard InChI is InChI=1S/C15H11NO4/c1-9-6-7-14(19-9)12(17)8-11-15(18)20-13-5-3-2-4-10(13)16-11/h2-8,17H,1H3/b12-8-. The fourth-order valence-corrected chi connectivity index (χ4v) is 1.83. The Labute approximate surface area is 113 Å². The Morgan fingerprint density at radius 3 is 2.75 bits per heavy atom. The van der Waals surface area contributed by atoms with Gasteiger partial charge in [0.15, 0.2) is 22.8 Å². The van der Waals surface area contributed by atoms with E-state index in [0.717, 1.165) is 0 Å². The molecule has 0 fully saturated rings. The lowest BCUT2D eigenvalue weighted by Gasteiger charge is -1.98. The molecule has 2 heterocycles. The van der Waals surface area contributed by atoms with Crippen LogP contribution >= 0.6 is 0 Å². The van der Waals surface area contributed by atoms with Crippen LogP contribution in [0.25, 0.3) is 22.9 Å². The molecule has 0 radical (unpaired) electrons. The average Bonchev–Trinajstić information content (AvgIpc) is 2.86. The summed E-state index contributed by atoms with van der Waals surface area (Å²) in [7, 11) is 0. The molecular weight excluding hydrogens is 258 g/mol. The van der Waals surface area contributed by atoms with Gasteiger partial charge in [-0.15, -0.1) is 0 Å². The maximum Gasteiger partial charge on any atom is 0.362 e. The third-order valence-electron chi connectivity index (χ3n) is 2.78. The molecule has 5 heteroatoms. The molecule has 3 aromatic rings. The van der Waals surface area contributed by atoms with Gasteiger partial charge in [-0.25, -0.2) is 9.78 Å². The van der Waals surface area contributed by atoms with Crippen molar-refractivity contribution in [3.05, 3.63) is 64.0 Å². The third-order valence-corrected chi connectivity index (χ3v) is 2.78. The van der Waals surface area contributed by atoms with E-state index in [2.05, 4.69) is 4.98 Å². The number of furan rings is 1. The van der Waals surface area contributed by atoms with Crippen LogP contribution in [-0.4, -0.2) is 10.1 Å². The number of rotatable bonds is 2. The first-order valence-corrected chi connectivity index (χ1v) is 6.01. The van der Waals surface area contributed by atoms with Gasteiger partial charge in [0.1, 0.15) is 11.3 Å². The smallest absolute Gasteiger partial charge is 0.362 e. The number of fused-ring (bicyclic) bond motifs is 1. The zero-order valence-corrected chi connectivity index (χ0v) is 10.7. The van der Waals surface area contributed by atoms with E-state index in [9.17, 15) is 9.90 Å². The molecule has 1 N–H and O–H groups in total. The zero-order valence-electron chi connectivity index (χ0n) is 10.7. The minimum atomic E-state index is -0.612. The highest BCUT2D eigenvalue weighted by atomic mass is 16.4. The summed E-state index contributed by atoms with van der Waals surface area (Å²) < 4.78 is 10.4. The van der Waals surface area contributed by atoms with Crippen molar-refractivity contribution in [3.63, 3.8) is 0 Å². The summed E-state index contributed by atoms with van der Waals surface area (Å²) >= 11 is 0. The van der Waals surface area contributed by atoms with Crippen LogP contribution in [0, 0.1) is 6.92 Å². The molecule has 0 bridgehead atoms. The van der Waals surface area contributed by atoms with Crippen LogP contribution in [0.1, 0.15) is 17.2 Å². The number of aromatic nitrogens is 1. The number of aliphatic hydroxyl groups excluding tert-OH is 1. The molecule has 0 aliphatic rings. The van der Waals surface area contributed by atoms with Gasteiger partial charge in [0.25, 0.3) is 0 Å². The van der Waals surface area contributed by atoms with Gasteiger partial charge in [-0.05, 0) is 31.2 Å². The molecular formula is C15H11NO4. The topological polar surface area (TPSA) is 76.5 Å². The van der Waals surface area contributed by atoms with Crippen molar-refractivity contribution in [1.82, 2.24) is 4.98 Å². The first-order chi connectivity index (χ1) is 9.63. The Bertz CT molecular complexity index is 857. The molecule has 20 heavy (non-hydrogen) atoms. The van der Waals surface area contributed by atoms with Gasteiger partial charge >= 0.3 is 5.63 Å². The molecule has 0 aliphatic heterocycles. The van der Waals surface area contributed by atoms with Crippen molar-refractivity contribution >= 4 is 22.9 Å². The number of para-hydroxylation sites is 2. The van der Waals surface area contributed by atoms with Crippen LogP contribution in [0.4, 0.5) is 0 Å². The molecule has 100 valence electrons. The van der Waals surface area contributed by atoms with Gasteiger partial charge in [-0.3, -0.25) is 0 Å². The highest BCUT2D eigenvalue weighted by molar-refractivity contribution is 5.76. The molecule has 0 amide bonds. The lowest BCUT2D eigenvalue weighted by atomic mass is 10.3. The van der Waals surface area contributed by atoms with Crippen LogP contribution in [0.3, 0.4) is 0 Å². The Balaban J connectivity index is 2.10. The van der Waals surface area contributed by atoms with E-state index in [1.807, 2.05) is 0 Å². The number of hydrogen-bond donors (Lipinski definition) is 1. The second-order valence-electron chi connectivity index (χ2n) is 4.29. The summed E-state index contributed by atoms with van der Waals surface area (Å²) in [4.78, 5) is 16.0. The first kappa shape index (κ1) is 12.2. The van der Waals surface area contributed by atoms with Gasteiger partial charge in [0, 0.05) is 6.08 Å². The van der Waals surface area contributed by atoms with Gasteiger partial charge in [-0.1, -0.05) is 12.1 Å². The number of hydrogen-bond acceptors (Lipinski definition) is 5. The maximum absolute atomic E-state index is 11.8. The predicted molar refractivity (Wildman–Crippen MR) is 74.2 cm³/mol. The third kappa shape index (κ3) is 2.21. The van der Waals surface area contributed by atoms with Crippen molar-refractivity contribution in [2.24, 2.45) is 0 Å². The minimum Gasteiger partial charge on any atom is -0.504 e. The Kier molecular flexibility index (Phi) is 2.87. The minimum absolute atomic E-state index is 0.0234. The summed E-state index contributed by atoms with van der Waals surface area (Å²) in [6.07, 6.45) is 1.23. The zero-order chi connectivity index (χ0) is 14.1. The number of aryl methyl sites for hydroxylation is 1. The second kappa shape index (κ2) is 4.70. The van der Waals surface area contributed by atoms with E-state index in [4.69, 9.17) is 8.83 Å². The van der Waals surface area contributed by atoms with Crippen LogP contribution in [0.5, 0.6) is 0 Å². The molecule has 0 unspecified atom stereocenters. The quantitative estimate of drug-likeness (QED) is 0.723. The molecule has 0 saturated carbocycles. The molecule has 3 rings (SSSR count). The summed E-state index contributed by atoms with van der Waals surface area (Å²) in [6, 6.07) is 10.3. The highest BCUT2D eigenvalue weighted by Gasteiger charge is 2.09. The van der Waals surface area contributed by atoms with Crippen molar-refractivity contribution in [2.75, 3.05) is 0 Å². The summed E-state index contributed by atoms with van der Waals surface area (Å²) in [5.74, 6) is 0.767. The Morgan fingerprint density at radius 1 is 1.20 bits per heavy atom. The molecule has 5 nitrogen and oxygen atoms in total. The van der Waals surface area contributed by atoms with Gasteiger partial charge in [0.05, 0.1) is 0 Å². The molecule has 0 atom stereocenters. The normalized spacial score (nSPS) is 11.9. The first-order valence-electron chi connectivity index (χ1n) is 6.01. The average molecular weight is 269 g/mol. The molecule has 0 saturated heterocycles. The Hall–Kier alpha value is -2.82. The number of benzene rings is 1. The van der Waals surface area contributed by atoms with E-state index in [1.54, 1.807) is 43.3 Å². The number of nitrogens with zero attached hydrogens (tertiary/aromatic N) is 1. The van der Waals surface area contributed by atoms with Crippen LogP contribution in [-0.2, 0) is 0 Å². The van der Waals surface area contributed by atoms with Crippen molar-refractivity contribution in [1.29, 1.82) is 0 Å². The monoisotopic (exact) mass is 269 g/mol. The van der Waals surface area contributed by atoms with Crippen LogP contribution in [0.15, 0.2) is 50.0 Å². The van der Waals surface area contributed by atoms with E-state index in [1.165, 1.54) is 6.08 Å². The fraction of sp³-hybridized carbons (Fsp3) is 0.0667. The highest BCUT2D eigenvalue weighted by Crippen LogP contribution is 2.17. The lowest BCUT2D eigenvalue weighted by molar-refractivity contribution is 0.450. The van der Waals surface area contributed by atoms with Crippen molar-refractivity contribution in [2.45, 2.75) is 6.92 Å². The van der Waals surface area contributed by atoms with Crippen LogP contribution < -0.4 is 5.63 Å². The van der Waals surface area contributed by atoms with E-state index in [-0.39, 0.29) is 17.2 Å². The van der Waals surface area contributed by atoms with Crippen molar-refractivity contribution < 1.29 is 13.9 Å². The van der Waals surface area contributed by atoms with Gasteiger partial charge in [0.2, 0.25) is 0 Å². The molecule has 0 spiro atoms. The van der Waals surface area contributed by atoms with Gasteiger partial charge in [-0.2, -0.15) is 0 Å². The van der Waals surface area contributed by atoms with Crippen molar-refractivity contribution in [3.8, 4) is 0 Å². The lowest BCUT2D eigenvalue weighted by Crippen LogP contribution is -2.06. The van der Waals surface area contributed by atoms with Gasteiger partial charge < -0.3 is 13.9 Å². The van der Waals surface area contributed by atoms with Crippen LogP contribution in [0.2, 0.25) is 0 Å². The Morgan fingerprint density at radius 2 is 2.00 bits per heavy atom. The molecule has 0 aliphatic carbocycles. The van der Waals surface area contributed by atoms with E-state index < -0.39 is 5.63 Å². The summed E-state index contributed by atoms with van der Waals surface area (Å²) in [5.41, 5.74) is 0.360. The predicted octanol–water partition coefficient (Wildman–Crippen LogP) is 3.15. The molecule has 2 aromatic heterocycles. The SMILES string of the molecule is Cc1ccc(/C(O)=C/c2nc3ccccc3oc2=O)o1. The van der Waals surface area contributed by atoms with E-state index in [0.29, 0.717) is 16.9 Å².